The molecule has 0 radical (unpaired) electrons. The molecule has 0 amide bonds. The molecule has 1 atom stereocenters. The number of hydrogen-bond acceptors (Lipinski definition) is 1. The zero-order chi connectivity index (χ0) is 9.14. The second-order valence-electron chi connectivity index (χ2n) is 3.12. The molecule has 1 aromatic carbocycles. The zero-order valence-corrected chi connectivity index (χ0v) is 8.10. The Hall–Kier alpha value is -0.530. The summed E-state index contributed by atoms with van der Waals surface area (Å²) >= 11 is 5.79. The van der Waals surface area contributed by atoms with E-state index in [1.165, 1.54) is 0 Å². The number of aryl methyl sites for hydroxylation is 1. The lowest BCUT2D eigenvalue weighted by molar-refractivity contribution is 0.195. The fraction of sp³-hybridized carbons (Fsp3) is 0.400. The molecule has 0 heterocycles. The molecule has 66 valence electrons. The molecule has 0 aromatic heterocycles. The maximum absolute atomic E-state index is 9.17. The average Bonchev–Trinajstić information content (AvgIpc) is 1.94. The SMILES string of the molecule is Cc1cc(Cl)ccc1C[C@H](C)O. The summed E-state index contributed by atoms with van der Waals surface area (Å²) in [5.74, 6) is 0. The maximum Gasteiger partial charge on any atom is 0.0552 e. The lowest BCUT2D eigenvalue weighted by Crippen LogP contribution is -2.05. The van der Waals surface area contributed by atoms with Crippen molar-refractivity contribution in [1.29, 1.82) is 0 Å². The molecule has 12 heavy (non-hydrogen) atoms. The zero-order valence-electron chi connectivity index (χ0n) is 7.34. The molecule has 0 saturated carbocycles. The number of halogens is 1. The highest BCUT2D eigenvalue weighted by molar-refractivity contribution is 6.30. The molecule has 0 aliphatic heterocycles. The van der Waals surface area contributed by atoms with Crippen LogP contribution >= 0.6 is 11.6 Å². The Bertz CT molecular complexity index is 269. The number of rotatable bonds is 2. The summed E-state index contributed by atoms with van der Waals surface area (Å²) in [5, 5.41) is 9.92. The number of benzene rings is 1. The topological polar surface area (TPSA) is 20.2 Å². The highest BCUT2D eigenvalue weighted by Crippen LogP contribution is 2.16. The first-order valence-electron chi connectivity index (χ1n) is 4.02. The molecule has 0 fully saturated rings. The van der Waals surface area contributed by atoms with E-state index in [9.17, 15) is 0 Å². The molecule has 1 nitrogen and oxygen atoms in total. The summed E-state index contributed by atoms with van der Waals surface area (Å²) in [7, 11) is 0. The van der Waals surface area contributed by atoms with Gasteiger partial charge in [0.2, 0.25) is 0 Å². The molecule has 0 spiro atoms. The second-order valence-corrected chi connectivity index (χ2v) is 3.56. The Balaban J connectivity index is 2.86. The summed E-state index contributed by atoms with van der Waals surface area (Å²) in [4.78, 5) is 0. The quantitative estimate of drug-likeness (QED) is 0.749. The van der Waals surface area contributed by atoms with Crippen LogP contribution in [-0.2, 0) is 6.42 Å². The van der Waals surface area contributed by atoms with Gasteiger partial charge in [-0.3, -0.25) is 0 Å². The van der Waals surface area contributed by atoms with Crippen molar-refractivity contribution >= 4 is 11.6 Å². The van der Waals surface area contributed by atoms with Crippen molar-refractivity contribution in [2.75, 3.05) is 0 Å². The molecular formula is C10H13ClO. The van der Waals surface area contributed by atoms with E-state index in [0.29, 0.717) is 6.42 Å². The number of aliphatic hydroxyl groups is 1. The highest BCUT2D eigenvalue weighted by atomic mass is 35.5. The van der Waals surface area contributed by atoms with Gasteiger partial charge in [0.05, 0.1) is 6.10 Å². The van der Waals surface area contributed by atoms with E-state index in [1.54, 1.807) is 6.92 Å². The van der Waals surface area contributed by atoms with Gasteiger partial charge in [-0.1, -0.05) is 17.7 Å². The molecule has 0 unspecified atom stereocenters. The van der Waals surface area contributed by atoms with Crippen molar-refractivity contribution in [2.24, 2.45) is 0 Å². The number of aliphatic hydroxyl groups excluding tert-OH is 1. The molecule has 2 heteroatoms. The molecular weight excluding hydrogens is 172 g/mol. The Morgan fingerprint density at radius 2 is 2.17 bits per heavy atom. The van der Waals surface area contributed by atoms with E-state index in [0.717, 1.165) is 16.1 Å². The second kappa shape index (κ2) is 3.92. The monoisotopic (exact) mass is 184 g/mol. The van der Waals surface area contributed by atoms with Gasteiger partial charge in [-0.15, -0.1) is 0 Å². The van der Waals surface area contributed by atoms with Crippen molar-refractivity contribution < 1.29 is 5.11 Å². The molecule has 0 aliphatic rings. The normalized spacial score (nSPS) is 13.0. The van der Waals surface area contributed by atoms with E-state index in [4.69, 9.17) is 16.7 Å². The fourth-order valence-electron chi connectivity index (χ4n) is 1.21. The van der Waals surface area contributed by atoms with Gasteiger partial charge in [-0.25, -0.2) is 0 Å². The first kappa shape index (κ1) is 9.56. The Labute approximate surface area is 78.0 Å². The van der Waals surface area contributed by atoms with Crippen LogP contribution in [0.4, 0.5) is 0 Å². The maximum atomic E-state index is 9.17. The Morgan fingerprint density at radius 3 is 2.67 bits per heavy atom. The first-order valence-corrected chi connectivity index (χ1v) is 4.40. The Kier molecular flexibility index (Phi) is 3.12. The lowest BCUT2D eigenvalue weighted by atomic mass is 10.0. The summed E-state index contributed by atoms with van der Waals surface area (Å²) < 4.78 is 0. The van der Waals surface area contributed by atoms with Gasteiger partial charge in [0.25, 0.3) is 0 Å². The van der Waals surface area contributed by atoms with Gasteiger partial charge in [-0.2, -0.15) is 0 Å². The van der Waals surface area contributed by atoms with Crippen LogP contribution in [-0.4, -0.2) is 11.2 Å². The van der Waals surface area contributed by atoms with Gasteiger partial charge in [-0.05, 0) is 43.5 Å². The van der Waals surface area contributed by atoms with Crippen molar-refractivity contribution in [3.8, 4) is 0 Å². The van der Waals surface area contributed by atoms with Crippen LogP contribution in [0.2, 0.25) is 5.02 Å². The van der Waals surface area contributed by atoms with E-state index >= 15 is 0 Å². The van der Waals surface area contributed by atoms with Crippen LogP contribution in [0.15, 0.2) is 18.2 Å². The average molecular weight is 185 g/mol. The van der Waals surface area contributed by atoms with Crippen LogP contribution in [0, 0.1) is 6.92 Å². The van der Waals surface area contributed by atoms with Crippen molar-refractivity contribution in [3.63, 3.8) is 0 Å². The van der Waals surface area contributed by atoms with Crippen molar-refractivity contribution in [3.05, 3.63) is 34.3 Å². The van der Waals surface area contributed by atoms with Crippen molar-refractivity contribution in [1.82, 2.24) is 0 Å². The van der Waals surface area contributed by atoms with E-state index in [1.807, 2.05) is 25.1 Å². The van der Waals surface area contributed by atoms with Gasteiger partial charge >= 0.3 is 0 Å². The summed E-state index contributed by atoms with van der Waals surface area (Å²) in [6, 6.07) is 5.73. The van der Waals surface area contributed by atoms with Crippen LogP contribution in [0.25, 0.3) is 0 Å². The molecule has 0 aliphatic carbocycles. The van der Waals surface area contributed by atoms with Gasteiger partial charge in [0, 0.05) is 5.02 Å². The smallest absolute Gasteiger partial charge is 0.0552 e. The predicted molar refractivity (Wildman–Crippen MR) is 51.6 cm³/mol. The van der Waals surface area contributed by atoms with Crippen LogP contribution in [0.5, 0.6) is 0 Å². The van der Waals surface area contributed by atoms with E-state index in [2.05, 4.69) is 0 Å². The van der Waals surface area contributed by atoms with E-state index in [-0.39, 0.29) is 6.10 Å². The molecule has 0 saturated heterocycles. The van der Waals surface area contributed by atoms with Crippen LogP contribution < -0.4 is 0 Å². The lowest BCUT2D eigenvalue weighted by Gasteiger charge is -2.07. The third kappa shape index (κ3) is 2.50. The summed E-state index contributed by atoms with van der Waals surface area (Å²) in [5.41, 5.74) is 2.30. The predicted octanol–water partition coefficient (Wildman–Crippen LogP) is 2.57. The Morgan fingerprint density at radius 1 is 1.50 bits per heavy atom. The van der Waals surface area contributed by atoms with Gasteiger partial charge in [0.1, 0.15) is 0 Å². The molecule has 1 rings (SSSR count). The third-order valence-corrected chi connectivity index (χ3v) is 2.06. The molecule has 1 N–H and O–H groups in total. The highest BCUT2D eigenvalue weighted by Gasteiger charge is 2.02. The minimum Gasteiger partial charge on any atom is -0.393 e. The first-order chi connectivity index (χ1) is 5.59. The van der Waals surface area contributed by atoms with Gasteiger partial charge in [0.15, 0.2) is 0 Å². The fourth-order valence-corrected chi connectivity index (χ4v) is 1.43. The summed E-state index contributed by atoms with van der Waals surface area (Å²) in [6.45, 7) is 3.79. The van der Waals surface area contributed by atoms with Crippen LogP contribution in [0.1, 0.15) is 18.1 Å². The molecule has 0 bridgehead atoms. The van der Waals surface area contributed by atoms with E-state index < -0.39 is 0 Å². The minimum absolute atomic E-state index is 0.287. The number of hydrogen-bond donors (Lipinski definition) is 1. The van der Waals surface area contributed by atoms with Crippen molar-refractivity contribution in [2.45, 2.75) is 26.4 Å². The molecule has 1 aromatic rings. The summed E-state index contributed by atoms with van der Waals surface area (Å²) in [6.07, 6.45) is 0.410. The largest absolute Gasteiger partial charge is 0.393 e. The van der Waals surface area contributed by atoms with Gasteiger partial charge < -0.3 is 5.11 Å². The minimum atomic E-state index is -0.287. The standard InChI is InChI=1S/C10H13ClO/c1-7-5-10(11)4-3-9(7)6-8(2)12/h3-5,8,12H,6H2,1-2H3/t8-/m0/s1. The third-order valence-electron chi connectivity index (χ3n) is 1.82. The van der Waals surface area contributed by atoms with Crippen LogP contribution in [0.3, 0.4) is 0 Å².